The van der Waals surface area contributed by atoms with Crippen LogP contribution in [0.4, 0.5) is 14.9 Å². The van der Waals surface area contributed by atoms with Crippen LogP contribution in [0.2, 0.25) is 0 Å². The summed E-state index contributed by atoms with van der Waals surface area (Å²) in [7, 11) is 0. The smallest absolute Gasteiger partial charge is 0.407 e. The van der Waals surface area contributed by atoms with E-state index in [1.54, 1.807) is 16.8 Å². The van der Waals surface area contributed by atoms with Crippen LogP contribution in [0.5, 0.6) is 11.8 Å². The highest BCUT2D eigenvalue weighted by Gasteiger charge is 2.31. The molecular weight excluding hydrogens is 539 g/mol. The van der Waals surface area contributed by atoms with Crippen molar-refractivity contribution in [1.29, 1.82) is 0 Å². The van der Waals surface area contributed by atoms with Crippen LogP contribution in [0, 0.1) is 0 Å². The third kappa shape index (κ3) is 6.09. The van der Waals surface area contributed by atoms with Gasteiger partial charge in [-0.25, -0.2) is 13.9 Å². The molecule has 0 saturated carbocycles. The highest BCUT2D eigenvalue weighted by molar-refractivity contribution is 5.80. The molecule has 1 aliphatic heterocycles. The minimum absolute atomic E-state index is 0.157. The summed E-state index contributed by atoms with van der Waals surface area (Å²) in [5.41, 5.74) is 4.58. The van der Waals surface area contributed by atoms with Gasteiger partial charge in [-0.15, -0.1) is 5.10 Å². The van der Waals surface area contributed by atoms with Gasteiger partial charge in [0.05, 0.1) is 18.1 Å². The maximum atomic E-state index is 14.7. The number of piperidine rings is 1. The lowest BCUT2D eigenvalue weighted by molar-refractivity contribution is 0.101. The normalized spacial score (nSPS) is 16.7. The monoisotopic (exact) mass is 568 g/mol. The molecule has 1 fully saturated rings. The summed E-state index contributed by atoms with van der Waals surface area (Å²) in [5.74, 6) is 0.750. The number of carbonyl (C=O) groups is 1. The average molecular weight is 569 g/mol. The number of benzene rings is 3. The quantitative estimate of drug-likeness (QED) is 0.240. The zero-order valence-corrected chi connectivity index (χ0v) is 22.6. The van der Waals surface area contributed by atoms with Crippen LogP contribution in [0.3, 0.4) is 0 Å². The molecule has 10 nitrogen and oxygen atoms in total. The molecule has 11 heteroatoms. The van der Waals surface area contributed by atoms with Gasteiger partial charge >= 0.3 is 6.09 Å². The van der Waals surface area contributed by atoms with Gasteiger partial charge in [0.15, 0.2) is 0 Å². The van der Waals surface area contributed by atoms with E-state index >= 15 is 0 Å². The standard InChI is InChI=1S/C31H29FN6O4/c32-24-18-37(31(39)40)16-15-25(24)33-23-11-12-27-26(17-23)35-36-38(27)28-13-14-29(41-19-21-7-3-1-4-8-21)34-30(28)42-20-22-9-5-2-6-10-22/h1-14,17,24-25,33H,15-16,18-20H2,(H,39,40)/t24-,25-/m0/s1. The number of carboxylic acid groups (broad SMARTS) is 1. The van der Waals surface area contributed by atoms with Crippen molar-refractivity contribution in [1.82, 2.24) is 24.9 Å². The first kappa shape index (κ1) is 27.0. The lowest BCUT2D eigenvalue weighted by Gasteiger charge is -2.33. The lowest BCUT2D eigenvalue weighted by Crippen LogP contribution is -2.49. The molecule has 2 atom stereocenters. The molecule has 0 unspecified atom stereocenters. The molecule has 214 valence electrons. The second-order valence-corrected chi connectivity index (χ2v) is 10.0. The molecule has 2 aromatic heterocycles. The molecule has 3 aromatic carbocycles. The zero-order valence-electron chi connectivity index (χ0n) is 22.6. The van der Waals surface area contributed by atoms with Crippen LogP contribution in [-0.2, 0) is 13.2 Å². The summed E-state index contributed by atoms with van der Waals surface area (Å²) >= 11 is 0. The third-order valence-electron chi connectivity index (χ3n) is 7.10. The van der Waals surface area contributed by atoms with Crippen molar-refractivity contribution in [2.45, 2.75) is 31.8 Å². The number of fused-ring (bicyclic) bond motifs is 1. The Hall–Kier alpha value is -5.19. The Morgan fingerprint density at radius 3 is 2.36 bits per heavy atom. The maximum Gasteiger partial charge on any atom is 0.407 e. The Balaban J connectivity index is 1.24. The summed E-state index contributed by atoms with van der Waals surface area (Å²) in [5, 5.41) is 21.0. The van der Waals surface area contributed by atoms with Gasteiger partial charge in [0.1, 0.15) is 30.6 Å². The van der Waals surface area contributed by atoms with E-state index in [-0.39, 0.29) is 13.1 Å². The Morgan fingerprint density at radius 1 is 0.952 bits per heavy atom. The fraction of sp³-hybridized carbons (Fsp3) is 0.226. The number of hydrogen-bond acceptors (Lipinski definition) is 7. The van der Waals surface area contributed by atoms with E-state index in [9.17, 15) is 9.18 Å². The molecule has 1 saturated heterocycles. The number of likely N-dealkylation sites (tertiary alicyclic amines) is 1. The Morgan fingerprint density at radius 2 is 1.67 bits per heavy atom. The second kappa shape index (κ2) is 12.1. The first-order valence-corrected chi connectivity index (χ1v) is 13.6. The number of amides is 1. The van der Waals surface area contributed by atoms with Crippen molar-refractivity contribution in [2.75, 3.05) is 18.4 Å². The fourth-order valence-electron chi connectivity index (χ4n) is 4.87. The minimum Gasteiger partial charge on any atom is -0.473 e. The number of alkyl halides is 1. The van der Waals surface area contributed by atoms with Crippen LogP contribution in [0.1, 0.15) is 17.5 Å². The number of halogens is 1. The van der Waals surface area contributed by atoms with Crippen molar-refractivity contribution < 1.29 is 23.8 Å². The van der Waals surface area contributed by atoms with E-state index in [2.05, 4.69) is 20.6 Å². The van der Waals surface area contributed by atoms with Gasteiger partial charge in [0.2, 0.25) is 11.8 Å². The van der Waals surface area contributed by atoms with E-state index in [0.29, 0.717) is 53.8 Å². The number of hydrogen-bond donors (Lipinski definition) is 2. The number of nitrogens with one attached hydrogen (secondary N) is 1. The van der Waals surface area contributed by atoms with E-state index in [1.807, 2.05) is 78.9 Å². The zero-order chi connectivity index (χ0) is 28.9. The van der Waals surface area contributed by atoms with Crippen molar-refractivity contribution in [3.05, 3.63) is 102 Å². The number of ether oxygens (including phenoxy) is 2. The summed E-state index contributed by atoms with van der Waals surface area (Å²) < 4.78 is 28.4. The van der Waals surface area contributed by atoms with Gasteiger partial charge in [-0.05, 0) is 41.8 Å². The van der Waals surface area contributed by atoms with Crippen molar-refractivity contribution >= 4 is 22.8 Å². The molecule has 6 rings (SSSR count). The van der Waals surface area contributed by atoms with E-state index in [4.69, 9.17) is 14.6 Å². The van der Waals surface area contributed by atoms with Gasteiger partial charge in [-0.2, -0.15) is 4.98 Å². The summed E-state index contributed by atoms with van der Waals surface area (Å²) in [4.78, 5) is 16.9. The SMILES string of the molecule is O=C(O)N1CC[C@H](Nc2ccc3c(c2)nnn3-c2ccc(OCc3ccccc3)nc2OCc2ccccc2)[C@@H](F)C1. The highest BCUT2D eigenvalue weighted by atomic mass is 19.1. The lowest BCUT2D eigenvalue weighted by atomic mass is 10.0. The number of aromatic nitrogens is 4. The van der Waals surface area contributed by atoms with E-state index in [0.717, 1.165) is 16.0 Å². The molecule has 42 heavy (non-hydrogen) atoms. The van der Waals surface area contributed by atoms with Crippen LogP contribution in [0.15, 0.2) is 91.0 Å². The molecule has 0 radical (unpaired) electrons. The molecule has 2 N–H and O–H groups in total. The molecule has 1 amide bonds. The highest BCUT2D eigenvalue weighted by Crippen LogP contribution is 2.29. The average Bonchev–Trinajstić information content (AvgIpc) is 3.44. The topological polar surface area (TPSA) is 115 Å². The van der Waals surface area contributed by atoms with Crippen LogP contribution < -0.4 is 14.8 Å². The molecule has 0 spiro atoms. The van der Waals surface area contributed by atoms with Crippen LogP contribution in [-0.4, -0.2) is 61.4 Å². The summed E-state index contributed by atoms with van der Waals surface area (Å²) in [6.07, 6.45) is -2.06. The molecule has 5 aromatic rings. The molecule has 0 aliphatic carbocycles. The fourth-order valence-corrected chi connectivity index (χ4v) is 4.87. The van der Waals surface area contributed by atoms with Crippen molar-refractivity contribution in [3.8, 4) is 17.4 Å². The number of rotatable bonds is 9. The predicted molar refractivity (Wildman–Crippen MR) is 155 cm³/mol. The number of anilines is 1. The van der Waals surface area contributed by atoms with E-state index in [1.165, 1.54) is 0 Å². The maximum absolute atomic E-state index is 14.7. The van der Waals surface area contributed by atoms with Crippen molar-refractivity contribution in [3.63, 3.8) is 0 Å². The molecule has 1 aliphatic rings. The first-order chi connectivity index (χ1) is 20.5. The third-order valence-corrected chi connectivity index (χ3v) is 7.10. The Labute approximate surface area is 241 Å². The second-order valence-electron chi connectivity index (χ2n) is 10.0. The van der Waals surface area contributed by atoms with Crippen LogP contribution in [0.25, 0.3) is 16.7 Å². The number of nitrogens with zero attached hydrogens (tertiary/aromatic N) is 5. The Bertz CT molecular complexity index is 1670. The summed E-state index contributed by atoms with van der Waals surface area (Å²) in [6.45, 7) is 0.780. The largest absolute Gasteiger partial charge is 0.473 e. The molecule has 0 bridgehead atoms. The predicted octanol–water partition coefficient (Wildman–Crippen LogP) is 5.48. The van der Waals surface area contributed by atoms with Gasteiger partial charge in [-0.1, -0.05) is 65.9 Å². The van der Waals surface area contributed by atoms with Gasteiger partial charge in [0, 0.05) is 18.3 Å². The van der Waals surface area contributed by atoms with Gasteiger partial charge in [-0.3, -0.25) is 0 Å². The molecule has 3 heterocycles. The van der Waals surface area contributed by atoms with Crippen molar-refractivity contribution in [2.24, 2.45) is 0 Å². The van der Waals surface area contributed by atoms with Gasteiger partial charge < -0.3 is 24.8 Å². The molecular formula is C31H29FN6O4. The van der Waals surface area contributed by atoms with Crippen LogP contribution >= 0.6 is 0 Å². The Kier molecular flexibility index (Phi) is 7.80. The minimum atomic E-state index is -1.32. The van der Waals surface area contributed by atoms with Gasteiger partial charge in [0.25, 0.3) is 0 Å². The number of pyridine rings is 1. The first-order valence-electron chi connectivity index (χ1n) is 13.6. The summed E-state index contributed by atoms with van der Waals surface area (Å²) in [6, 6.07) is 28.2. The van der Waals surface area contributed by atoms with E-state index < -0.39 is 18.3 Å².